The summed E-state index contributed by atoms with van der Waals surface area (Å²) in [4.78, 5) is 26.7. The second kappa shape index (κ2) is 4.98. The maximum Gasteiger partial charge on any atom is 0.315 e. The molecule has 0 aliphatic rings. The van der Waals surface area contributed by atoms with Crippen molar-refractivity contribution in [2.24, 2.45) is 12.0 Å². The predicted octanol–water partition coefficient (Wildman–Crippen LogP) is 2.48. The van der Waals surface area contributed by atoms with E-state index in [0.717, 1.165) is 4.70 Å². The smallest absolute Gasteiger partial charge is 0.315 e. The lowest BCUT2D eigenvalue weighted by atomic mass is 10.3. The number of hydrogen-bond donors (Lipinski definition) is 0. The Hall–Kier alpha value is -2.74. The van der Waals surface area contributed by atoms with E-state index in [9.17, 15) is 14.9 Å². The van der Waals surface area contributed by atoms with E-state index in [1.54, 1.807) is 23.7 Å². The number of non-ortho nitro benzene ring substituents is 1. The number of amides is 1. The molecule has 0 bridgehead atoms. The second-order valence-electron chi connectivity index (χ2n) is 4.25. The molecule has 0 radical (unpaired) electrons. The van der Waals surface area contributed by atoms with Gasteiger partial charge in [-0.2, -0.15) is 4.99 Å². The van der Waals surface area contributed by atoms with Crippen LogP contribution in [-0.2, 0) is 7.05 Å². The maximum absolute atomic E-state index is 11.9. The number of nitro groups is 1. The number of thiazole rings is 1. The quantitative estimate of drug-likeness (QED) is 0.537. The molecule has 1 aromatic carbocycles. The van der Waals surface area contributed by atoms with Crippen molar-refractivity contribution in [3.05, 3.63) is 57.3 Å². The Kier molecular flexibility index (Phi) is 3.15. The number of benzene rings is 1. The van der Waals surface area contributed by atoms with Crippen LogP contribution < -0.4 is 4.80 Å². The third-order valence-corrected chi connectivity index (χ3v) is 4.04. The van der Waals surface area contributed by atoms with Gasteiger partial charge >= 0.3 is 5.91 Å². The number of carbonyl (C=O) groups excluding carboxylic acids is 1. The van der Waals surface area contributed by atoms with Crippen LogP contribution in [0.3, 0.4) is 0 Å². The molecule has 2 heterocycles. The van der Waals surface area contributed by atoms with E-state index in [1.807, 2.05) is 0 Å². The van der Waals surface area contributed by atoms with Gasteiger partial charge in [0.15, 0.2) is 10.6 Å². The van der Waals surface area contributed by atoms with E-state index in [2.05, 4.69) is 4.99 Å². The summed E-state index contributed by atoms with van der Waals surface area (Å²) in [5, 5.41) is 10.8. The van der Waals surface area contributed by atoms with Gasteiger partial charge in [-0.05, 0) is 18.2 Å². The van der Waals surface area contributed by atoms with Gasteiger partial charge in [-0.1, -0.05) is 11.3 Å². The van der Waals surface area contributed by atoms with Crippen LogP contribution in [0.25, 0.3) is 10.2 Å². The Morgan fingerprint density at radius 3 is 2.90 bits per heavy atom. The molecule has 106 valence electrons. The number of rotatable bonds is 2. The van der Waals surface area contributed by atoms with Gasteiger partial charge in [0.1, 0.15) is 0 Å². The molecule has 7 nitrogen and oxygen atoms in total. The zero-order chi connectivity index (χ0) is 15.0. The SMILES string of the molecule is Cn1c(=NC(=O)c2ccco2)sc2ccc([N+](=O)[O-])cc21. The highest BCUT2D eigenvalue weighted by Gasteiger charge is 2.12. The van der Waals surface area contributed by atoms with Crippen molar-refractivity contribution in [2.75, 3.05) is 0 Å². The highest BCUT2D eigenvalue weighted by molar-refractivity contribution is 7.16. The lowest BCUT2D eigenvalue weighted by Crippen LogP contribution is -2.13. The van der Waals surface area contributed by atoms with Crippen LogP contribution in [0, 0.1) is 10.1 Å². The molecular formula is C13H9N3O4S. The number of aryl methyl sites for hydroxylation is 1. The zero-order valence-corrected chi connectivity index (χ0v) is 11.7. The number of aromatic nitrogens is 1. The topological polar surface area (TPSA) is 90.6 Å². The fraction of sp³-hybridized carbons (Fsp3) is 0.0769. The Bertz CT molecular complexity index is 905. The standard InChI is InChI=1S/C13H9N3O4S/c1-15-9-7-8(16(18)19)4-5-11(9)21-13(15)14-12(17)10-3-2-6-20-10/h2-7H,1H3. The largest absolute Gasteiger partial charge is 0.459 e. The first-order chi connectivity index (χ1) is 10.1. The van der Waals surface area contributed by atoms with Crippen LogP contribution in [0.4, 0.5) is 5.69 Å². The van der Waals surface area contributed by atoms with Crippen molar-refractivity contribution in [3.63, 3.8) is 0 Å². The van der Waals surface area contributed by atoms with Gasteiger partial charge in [-0.3, -0.25) is 14.9 Å². The minimum Gasteiger partial charge on any atom is -0.459 e. The van der Waals surface area contributed by atoms with Crippen LogP contribution in [0.5, 0.6) is 0 Å². The molecule has 1 amide bonds. The number of carbonyl (C=O) groups is 1. The van der Waals surface area contributed by atoms with E-state index in [0.29, 0.717) is 10.3 Å². The highest BCUT2D eigenvalue weighted by Crippen LogP contribution is 2.22. The Morgan fingerprint density at radius 1 is 1.43 bits per heavy atom. The number of hydrogen-bond acceptors (Lipinski definition) is 5. The predicted molar refractivity (Wildman–Crippen MR) is 76.1 cm³/mol. The van der Waals surface area contributed by atoms with Gasteiger partial charge in [0.2, 0.25) is 0 Å². The molecule has 0 unspecified atom stereocenters. The number of furan rings is 1. The molecule has 0 fully saturated rings. The molecule has 8 heteroatoms. The summed E-state index contributed by atoms with van der Waals surface area (Å²) in [6.45, 7) is 0. The number of nitro benzene ring substituents is 1. The second-order valence-corrected chi connectivity index (χ2v) is 5.26. The Balaban J connectivity index is 2.14. The van der Waals surface area contributed by atoms with Gasteiger partial charge < -0.3 is 8.98 Å². The number of nitrogens with zero attached hydrogens (tertiary/aromatic N) is 3. The number of fused-ring (bicyclic) bond motifs is 1. The minimum absolute atomic E-state index is 0.000175. The first kappa shape index (κ1) is 13.3. The molecule has 21 heavy (non-hydrogen) atoms. The van der Waals surface area contributed by atoms with Crippen LogP contribution in [-0.4, -0.2) is 15.4 Å². The van der Waals surface area contributed by atoms with Crippen molar-refractivity contribution in [1.29, 1.82) is 0 Å². The average Bonchev–Trinajstić information content (AvgIpc) is 3.08. The van der Waals surface area contributed by atoms with Crippen molar-refractivity contribution < 1.29 is 14.1 Å². The monoisotopic (exact) mass is 303 g/mol. The molecule has 0 atom stereocenters. The summed E-state index contributed by atoms with van der Waals surface area (Å²) in [5.74, 6) is -0.338. The lowest BCUT2D eigenvalue weighted by Gasteiger charge is -1.95. The average molecular weight is 303 g/mol. The molecule has 0 saturated heterocycles. The van der Waals surface area contributed by atoms with E-state index >= 15 is 0 Å². The molecule has 0 aliphatic carbocycles. The van der Waals surface area contributed by atoms with Crippen molar-refractivity contribution >= 4 is 33.1 Å². The van der Waals surface area contributed by atoms with E-state index in [4.69, 9.17) is 4.42 Å². The highest BCUT2D eigenvalue weighted by atomic mass is 32.1. The third-order valence-electron chi connectivity index (χ3n) is 2.93. The molecular weight excluding hydrogens is 294 g/mol. The van der Waals surface area contributed by atoms with Crippen LogP contribution in [0.2, 0.25) is 0 Å². The normalized spacial score (nSPS) is 12.0. The lowest BCUT2D eigenvalue weighted by molar-refractivity contribution is -0.384. The van der Waals surface area contributed by atoms with E-state index in [1.165, 1.54) is 35.8 Å². The van der Waals surface area contributed by atoms with Gasteiger partial charge in [-0.25, -0.2) is 0 Å². The van der Waals surface area contributed by atoms with Crippen LogP contribution in [0.15, 0.2) is 46.0 Å². The molecule has 3 aromatic rings. The molecule has 0 spiro atoms. The zero-order valence-electron chi connectivity index (χ0n) is 10.8. The Labute approximate surface area is 121 Å². The van der Waals surface area contributed by atoms with E-state index < -0.39 is 10.8 Å². The fourth-order valence-electron chi connectivity index (χ4n) is 1.88. The van der Waals surface area contributed by atoms with Gasteiger partial charge in [0.05, 0.1) is 21.4 Å². The van der Waals surface area contributed by atoms with E-state index in [-0.39, 0.29) is 11.4 Å². The summed E-state index contributed by atoms with van der Waals surface area (Å²) < 4.78 is 7.46. The van der Waals surface area contributed by atoms with Crippen molar-refractivity contribution in [3.8, 4) is 0 Å². The summed E-state index contributed by atoms with van der Waals surface area (Å²) >= 11 is 1.28. The molecule has 0 saturated carbocycles. The summed E-state index contributed by atoms with van der Waals surface area (Å²) in [5.41, 5.74) is 0.653. The summed E-state index contributed by atoms with van der Waals surface area (Å²) in [6, 6.07) is 7.68. The third kappa shape index (κ3) is 2.36. The van der Waals surface area contributed by atoms with Crippen molar-refractivity contribution in [1.82, 2.24) is 4.57 Å². The van der Waals surface area contributed by atoms with Crippen molar-refractivity contribution in [2.45, 2.75) is 0 Å². The van der Waals surface area contributed by atoms with Gasteiger partial charge in [0, 0.05) is 19.2 Å². The molecule has 2 aromatic heterocycles. The molecule has 0 N–H and O–H groups in total. The fourth-order valence-corrected chi connectivity index (χ4v) is 2.87. The Morgan fingerprint density at radius 2 is 2.24 bits per heavy atom. The summed E-state index contributed by atoms with van der Waals surface area (Å²) in [7, 11) is 1.71. The first-order valence-electron chi connectivity index (χ1n) is 5.93. The van der Waals surface area contributed by atoms with Gasteiger partial charge in [-0.15, -0.1) is 0 Å². The molecule has 3 rings (SSSR count). The van der Waals surface area contributed by atoms with Crippen LogP contribution >= 0.6 is 11.3 Å². The maximum atomic E-state index is 11.9. The van der Waals surface area contributed by atoms with Gasteiger partial charge in [0.25, 0.3) is 5.69 Å². The van der Waals surface area contributed by atoms with Crippen LogP contribution in [0.1, 0.15) is 10.6 Å². The first-order valence-corrected chi connectivity index (χ1v) is 6.74. The summed E-state index contributed by atoms with van der Waals surface area (Å²) in [6.07, 6.45) is 1.40. The molecule has 0 aliphatic heterocycles. The minimum atomic E-state index is -0.489.